The van der Waals surface area contributed by atoms with E-state index in [0.717, 1.165) is 68.3 Å². The normalized spacial score (nSPS) is 29.0. The van der Waals surface area contributed by atoms with Gasteiger partial charge in [0.15, 0.2) is 0 Å². The van der Waals surface area contributed by atoms with Gasteiger partial charge in [-0.3, -0.25) is 9.97 Å². The van der Waals surface area contributed by atoms with Crippen LogP contribution >= 0.6 is 0 Å². The van der Waals surface area contributed by atoms with E-state index in [1.165, 1.54) is 5.69 Å². The lowest BCUT2D eigenvalue weighted by atomic mass is 9.91. The summed E-state index contributed by atoms with van der Waals surface area (Å²) in [5.74, 6) is 0. The van der Waals surface area contributed by atoms with Gasteiger partial charge >= 0.3 is 6.09 Å². The molecule has 0 spiro atoms. The zero-order valence-electron chi connectivity index (χ0n) is 16.4. The number of nitrogens with one attached hydrogen (secondary N) is 2. The summed E-state index contributed by atoms with van der Waals surface area (Å²) < 4.78 is 5.99. The second-order valence-corrected chi connectivity index (χ2v) is 8.42. The Kier molecular flexibility index (Phi) is 4.87. The summed E-state index contributed by atoms with van der Waals surface area (Å²) in [7, 11) is 0. The van der Waals surface area contributed by atoms with Gasteiger partial charge in [-0.05, 0) is 50.7 Å². The molecule has 1 saturated carbocycles. The smallest absolute Gasteiger partial charge is 0.404 e. The number of ether oxygens (including phenoxy) is 1. The summed E-state index contributed by atoms with van der Waals surface area (Å²) in [4.78, 5) is 22.4. The van der Waals surface area contributed by atoms with Gasteiger partial charge in [0.05, 0.1) is 23.4 Å². The zero-order valence-corrected chi connectivity index (χ0v) is 16.4. The largest absolute Gasteiger partial charge is 0.465 e. The molecule has 1 aromatic heterocycles. The SMILES string of the molecule is O=C(O)NC1CCC(Nc2cc(N3CC4CCC(C3)O4)cc3nccnc23)CC1. The maximum absolute atomic E-state index is 10.9. The van der Waals surface area contributed by atoms with Crippen molar-refractivity contribution in [1.29, 1.82) is 0 Å². The van der Waals surface area contributed by atoms with Gasteiger partial charge in [-0.2, -0.15) is 0 Å². The molecule has 3 aliphatic rings. The summed E-state index contributed by atoms with van der Waals surface area (Å²) >= 11 is 0. The van der Waals surface area contributed by atoms with E-state index in [2.05, 4.69) is 37.6 Å². The van der Waals surface area contributed by atoms with E-state index in [9.17, 15) is 4.79 Å². The Labute approximate surface area is 169 Å². The predicted molar refractivity (Wildman–Crippen MR) is 110 cm³/mol. The van der Waals surface area contributed by atoms with Gasteiger partial charge in [-0.25, -0.2) is 4.79 Å². The highest BCUT2D eigenvalue weighted by molar-refractivity contribution is 5.91. The van der Waals surface area contributed by atoms with Crippen molar-refractivity contribution in [3.8, 4) is 0 Å². The van der Waals surface area contributed by atoms with E-state index >= 15 is 0 Å². The molecule has 2 saturated heterocycles. The lowest BCUT2D eigenvalue weighted by Crippen LogP contribution is -2.42. The fraction of sp³-hybridized carbons (Fsp3) is 0.571. The van der Waals surface area contributed by atoms with Gasteiger partial charge in [-0.15, -0.1) is 0 Å². The Morgan fingerprint density at radius 1 is 1.00 bits per heavy atom. The second kappa shape index (κ2) is 7.67. The topological polar surface area (TPSA) is 99.6 Å². The van der Waals surface area contributed by atoms with E-state index < -0.39 is 6.09 Å². The molecule has 0 radical (unpaired) electrons. The molecule has 2 unspecified atom stereocenters. The van der Waals surface area contributed by atoms with Gasteiger partial charge in [0.25, 0.3) is 0 Å². The predicted octanol–water partition coefficient (Wildman–Crippen LogP) is 2.99. The maximum atomic E-state index is 10.9. The highest BCUT2D eigenvalue weighted by Crippen LogP contribution is 2.34. The van der Waals surface area contributed by atoms with Crippen LogP contribution in [0.3, 0.4) is 0 Å². The molecule has 2 atom stereocenters. The number of benzene rings is 1. The van der Waals surface area contributed by atoms with Crippen LogP contribution in [0.15, 0.2) is 24.5 Å². The van der Waals surface area contributed by atoms with Crippen molar-refractivity contribution in [3.05, 3.63) is 24.5 Å². The molecule has 29 heavy (non-hydrogen) atoms. The standard InChI is InChI=1S/C21H27N5O3/c27-21(28)25-14-3-1-13(2-4-14)24-19-10-15(9-18-20(19)23-8-7-22-18)26-11-16-5-6-17(12-26)29-16/h7-10,13-14,16-17,24-25H,1-6,11-12H2,(H,27,28). The van der Waals surface area contributed by atoms with Crippen molar-refractivity contribution in [2.24, 2.45) is 0 Å². The minimum atomic E-state index is -0.935. The minimum Gasteiger partial charge on any atom is -0.465 e. The second-order valence-electron chi connectivity index (χ2n) is 8.42. The first-order valence-electron chi connectivity index (χ1n) is 10.6. The molecule has 2 aliphatic heterocycles. The number of aromatic nitrogens is 2. The van der Waals surface area contributed by atoms with E-state index in [-0.39, 0.29) is 6.04 Å². The van der Waals surface area contributed by atoms with E-state index in [1.807, 2.05) is 0 Å². The van der Waals surface area contributed by atoms with Crippen molar-refractivity contribution in [2.45, 2.75) is 62.8 Å². The van der Waals surface area contributed by atoms with Gasteiger partial charge in [0.1, 0.15) is 5.52 Å². The summed E-state index contributed by atoms with van der Waals surface area (Å²) in [6.45, 7) is 1.85. The number of nitrogens with zero attached hydrogens (tertiary/aromatic N) is 3. The van der Waals surface area contributed by atoms with E-state index in [0.29, 0.717) is 18.2 Å². The molecule has 2 bridgehead atoms. The van der Waals surface area contributed by atoms with Crippen LogP contribution in [0.1, 0.15) is 38.5 Å². The third-order valence-corrected chi connectivity index (χ3v) is 6.38. The van der Waals surface area contributed by atoms with Crippen LogP contribution in [0, 0.1) is 0 Å². The minimum absolute atomic E-state index is 0.0530. The first-order valence-corrected chi connectivity index (χ1v) is 10.6. The lowest BCUT2D eigenvalue weighted by Gasteiger charge is -2.34. The summed E-state index contributed by atoms with van der Waals surface area (Å²) in [5, 5.41) is 15.2. The molecule has 2 aromatic rings. The third kappa shape index (κ3) is 3.94. The number of fused-ring (bicyclic) bond motifs is 3. The van der Waals surface area contributed by atoms with Crippen molar-refractivity contribution in [3.63, 3.8) is 0 Å². The number of hydrogen-bond acceptors (Lipinski definition) is 6. The summed E-state index contributed by atoms with van der Waals surface area (Å²) in [6.07, 6.45) is 9.05. The van der Waals surface area contributed by atoms with Crippen LogP contribution in [0.2, 0.25) is 0 Å². The van der Waals surface area contributed by atoms with Crippen molar-refractivity contribution in [2.75, 3.05) is 23.3 Å². The zero-order chi connectivity index (χ0) is 19.8. The molecule has 8 nitrogen and oxygen atoms in total. The number of amides is 1. The molecular weight excluding hydrogens is 370 g/mol. The molecular formula is C21H27N5O3. The highest BCUT2D eigenvalue weighted by atomic mass is 16.5. The highest BCUT2D eigenvalue weighted by Gasteiger charge is 2.34. The van der Waals surface area contributed by atoms with Crippen molar-refractivity contribution in [1.82, 2.24) is 15.3 Å². The number of morpholine rings is 1. The lowest BCUT2D eigenvalue weighted by molar-refractivity contribution is 0.0305. The molecule has 3 N–H and O–H groups in total. The van der Waals surface area contributed by atoms with Gasteiger partial charge in [-0.1, -0.05) is 0 Å². The molecule has 3 heterocycles. The molecule has 154 valence electrons. The number of carboxylic acid groups (broad SMARTS) is 1. The molecule has 1 amide bonds. The molecule has 1 aromatic carbocycles. The fourth-order valence-corrected chi connectivity index (χ4v) is 4.95. The number of hydrogen-bond donors (Lipinski definition) is 3. The van der Waals surface area contributed by atoms with Gasteiger partial charge in [0.2, 0.25) is 0 Å². The Balaban J connectivity index is 1.36. The van der Waals surface area contributed by atoms with Crippen LogP contribution in [0.4, 0.5) is 16.2 Å². The fourth-order valence-electron chi connectivity index (χ4n) is 4.95. The average Bonchev–Trinajstić information content (AvgIpc) is 3.06. The molecule has 5 rings (SSSR count). The van der Waals surface area contributed by atoms with E-state index in [1.54, 1.807) is 12.4 Å². The Morgan fingerprint density at radius 2 is 1.69 bits per heavy atom. The Bertz CT molecular complexity index is 887. The van der Waals surface area contributed by atoms with E-state index in [4.69, 9.17) is 9.84 Å². The summed E-state index contributed by atoms with van der Waals surface area (Å²) in [5.41, 5.74) is 3.96. The number of rotatable bonds is 4. The van der Waals surface area contributed by atoms with Crippen LogP contribution in [-0.4, -0.2) is 58.5 Å². The van der Waals surface area contributed by atoms with Crippen LogP contribution in [-0.2, 0) is 4.74 Å². The van der Waals surface area contributed by atoms with Gasteiger partial charge < -0.3 is 25.4 Å². The Hall–Kier alpha value is -2.61. The molecule has 3 fully saturated rings. The van der Waals surface area contributed by atoms with Crippen LogP contribution in [0.25, 0.3) is 11.0 Å². The molecule has 1 aliphatic carbocycles. The molecule has 8 heteroatoms. The third-order valence-electron chi connectivity index (χ3n) is 6.38. The number of carbonyl (C=O) groups is 1. The monoisotopic (exact) mass is 397 g/mol. The van der Waals surface area contributed by atoms with Crippen LogP contribution in [0.5, 0.6) is 0 Å². The quantitative estimate of drug-likeness (QED) is 0.729. The van der Waals surface area contributed by atoms with Crippen molar-refractivity contribution < 1.29 is 14.6 Å². The van der Waals surface area contributed by atoms with Gasteiger partial charge in [0, 0.05) is 43.3 Å². The number of anilines is 2. The maximum Gasteiger partial charge on any atom is 0.404 e. The summed E-state index contributed by atoms with van der Waals surface area (Å²) in [6, 6.07) is 4.69. The van der Waals surface area contributed by atoms with Crippen molar-refractivity contribution >= 4 is 28.5 Å². The first-order chi connectivity index (χ1) is 14.1. The first kappa shape index (κ1) is 18.4. The average molecular weight is 397 g/mol. The van der Waals surface area contributed by atoms with Crippen LogP contribution < -0.4 is 15.5 Å². The Morgan fingerprint density at radius 3 is 2.41 bits per heavy atom.